The lowest BCUT2D eigenvalue weighted by atomic mass is 10.1. The lowest BCUT2D eigenvalue weighted by Crippen LogP contribution is -2.08. The zero-order valence-electron chi connectivity index (χ0n) is 10.8. The molecule has 3 rings (SSSR count). The van der Waals surface area contributed by atoms with Crippen LogP contribution in [0, 0.1) is 6.92 Å². The molecule has 6 heteroatoms. The Bertz CT molecular complexity index is 795. The number of carbonyl (C=O) groups is 1. The number of rotatable bonds is 3. The predicted octanol–water partition coefficient (Wildman–Crippen LogP) is 1.75. The van der Waals surface area contributed by atoms with Gasteiger partial charge < -0.3 is 5.11 Å². The van der Waals surface area contributed by atoms with Crippen LogP contribution in [-0.4, -0.2) is 31.1 Å². The summed E-state index contributed by atoms with van der Waals surface area (Å²) >= 11 is 0. The molecule has 0 atom stereocenters. The van der Waals surface area contributed by atoms with Gasteiger partial charge in [0.1, 0.15) is 0 Å². The van der Waals surface area contributed by atoms with E-state index in [-0.39, 0.29) is 6.42 Å². The molecule has 6 nitrogen and oxygen atoms in total. The molecular formula is C14H12N4O2. The van der Waals surface area contributed by atoms with Crippen LogP contribution in [0.4, 0.5) is 0 Å². The minimum atomic E-state index is -0.919. The summed E-state index contributed by atoms with van der Waals surface area (Å²) in [7, 11) is 0. The highest BCUT2D eigenvalue weighted by Crippen LogP contribution is 2.21. The third-order valence-corrected chi connectivity index (χ3v) is 3.02. The maximum Gasteiger partial charge on any atom is 0.309 e. The van der Waals surface area contributed by atoms with Gasteiger partial charge in [-0.1, -0.05) is 23.4 Å². The molecule has 0 bridgehead atoms. The second-order valence-electron chi connectivity index (χ2n) is 4.51. The fraction of sp³-hybridized carbons (Fsp3) is 0.143. The number of fused-ring (bicyclic) bond motifs is 1. The minimum Gasteiger partial charge on any atom is -0.481 e. The van der Waals surface area contributed by atoms with Crippen LogP contribution in [0.3, 0.4) is 0 Å². The van der Waals surface area contributed by atoms with Gasteiger partial charge in [-0.25, -0.2) is 4.68 Å². The van der Waals surface area contributed by atoms with E-state index in [1.54, 1.807) is 0 Å². The number of aromatic nitrogens is 4. The van der Waals surface area contributed by atoms with Crippen LogP contribution in [0.1, 0.15) is 11.4 Å². The van der Waals surface area contributed by atoms with Crippen molar-refractivity contribution in [3.8, 4) is 5.69 Å². The summed E-state index contributed by atoms with van der Waals surface area (Å²) in [6, 6.07) is 9.62. The number of benzene rings is 1. The summed E-state index contributed by atoms with van der Waals surface area (Å²) in [5, 5.41) is 17.7. The number of para-hydroxylation sites is 1. The fourth-order valence-corrected chi connectivity index (χ4v) is 2.13. The van der Waals surface area contributed by atoms with Crippen LogP contribution in [0.5, 0.6) is 0 Å². The molecule has 0 aliphatic carbocycles. The van der Waals surface area contributed by atoms with Crippen molar-refractivity contribution in [3.05, 3.63) is 47.9 Å². The Morgan fingerprint density at radius 1 is 1.30 bits per heavy atom. The van der Waals surface area contributed by atoms with Gasteiger partial charge >= 0.3 is 5.97 Å². The molecule has 1 N–H and O–H groups in total. The molecule has 20 heavy (non-hydrogen) atoms. The Morgan fingerprint density at radius 2 is 2.15 bits per heavy atom. The average Bonchev–Trinajstić information content (AvgIpc) is 2.85. The molecule has 0 saturated heterocycles. The number of pyridine rings is 1. The van der Waals surface area contributed by atoms with E-state index in [0.29, 0.717) is 5.69 Å². The molecular weight excluding hydrogens is 256 g/mol. The van der Waals surface area contributed by atoms with Gasteiger partial charge in [0.2, 0.25) is 0 Å². The van der Waals surface area contributed by atoms with Crippen molar-refractivity contribution in [2.75, 3.05) is 0 Å². The molecule has 0 saturated carbocycles. The molecule has 2 heterocycles. The van der Waals surface area contributed by atoms with Gasteiger partial charge in [0.05, 0.1) is 29.5 Å². The van der Waals surface area contributed by atoms with Gasteiger partial charge in [0.25, 0.3) is 0 Å². The van der Waals surface area contributed by atoms with Crippen molar-refractivity contribution in [1.82, 2.24) is 20.0 Å². The Labute approximate surface area is 114 Å². The van der Waals surface area contributed by atoms with Gasteiger partial charge in [-0.15, -0.1) is 5.10 Å². The van der Waals surface area contributed by atoms with Crippen molar-refractivity contribution in [1.29, 1.82) is 0 Å². The average molecular weight is 268 g/mol. The van der Waals surface area contributed by atoms with Crippen LogP contribution >= 0.6 is 0 Å². The molecule has 0 unspecified atom stereocenters. The van der Waals surface area contributed by atoms with Gasteiger partial charge in [0.15, 0.2) is 0 Å². The van der Waals surface area contributed by atoms with Crippen molar-refractivity contribution < 1.29 is 9.90 Å². The molecule has 1 aromatic carbocycles. The largest absolute Gasteiger partial charge is 0.481 e. The van der Waals surface area contributed by atoms with E-state index in [1.165, 1.54) is 10.9 Å². The molecule has 3 aromatic rings. The first-order valence-electron chi connectivity index (χ1n) is 6.13. The molecule has 0 radical (unpaired) electrons. The molecule has 0 amide bonds. The standard InChI is InChI=1S/C14H12N4O2/c1-9-5-6-10-3-2-4-12(14(10)16-9)18-11(7-13(19)20)8-15-17-18/h2-6,8H,7H2,1H3,(H,19,20). The number of carboxylic acids is 1. The molecule has 100 valence electrons. The summed E-state index contributed by atoms with van der Waals surface area (Å²) in [5.41, 5.74) is 2.93. The van der Waals surface area contributed by atoms with Gasteiger partial charge in [-0.3, -0.25) is 9.78 Å². The van der Waals surface area contributed by atoms with Crippen LogP contribution < -0.4 is 0 Å². The zero-order chi connectivity index (χ0) is 14.1. The predicted molar refractivity (Wildman–Crippen MR) is 72.7 cm³/mol. The highest BCUT2D eigenvalue weighted by Gasteiger charge is 2.13. The lowest BCUT2D eigenvalue weighted by Gasteiger charge is -2.08. The van der Waals surface area contributed by atoms with Gasteiger partial charge in [-0.05, 0) is 19.1 Å². The maximum absolute atomic E-state index is 10.9. The van der Waals surface area contributed by atoms with Crippen molar-refractivity contribution in [2.24, 2.45) is 0 Å². The number of hydrogen-bond donors (Lipinski definition) is 1. The van der Waals surface area contributed by atoms with E-state index < -0.39 is 5.97 Å². The van der Waals surface area contributed by atoms with Crippen LogP contribution in [0.15, 0.2) is 36.5 Å². The topological polar surface area (TPSA) is 80.9 Å². The first-order chi connectivity index (χ1) is 9.65. The van der Waals surface area contributed by atoms with Crippen LogP contribution in [-0.2, 0) is 11.2 Å². The second-order valence-corrected chi connectivity index (χ2v) is 4.51. The number of aryl methyl sites for hydroxylation is 1. The van der Waals surface area contributed by atoms with Gasteiger partial charge in [0, 0.05) is 11.1 Å². The number of aliphatic carboxylic acids is 1. The summed E-state index contributed by atoms with van der Waals surface area (Å²) in [6.45, 7) is 1.91. The Kier molecular flexibility index (Phi) is 2.90. The number of hydrogen-bond acceptors (Lipinski definition) is 4. The first-order valence-corrected chi connectivity index (χ1v) is 6.13. The number of nitrogens with zero attached hydrogens (tertiary/aromatic N) is 4. The normalized spacial score (nSPS) is 10.8. The lowest BCUT2D eigenvalue weighted by molar-refractivity contribution is -0.136. The van der Waals surface area contributed by atoms with E-state index in [0.717, 1.165) is 22.3 Å². The maximum atomic E-state index is 10.9. The van der Waals surface area contributed by atoms with E-state index in [9.17, 15) is 4.79 Å². The highest BCUT2D eigenvalue weighted by molar-refractivity contribution is 5.86. The van der Waals surface area contributed by atoms with Gasteiger partial charge in [-0.2, -0.15) is 0 Å². The van der Waals surface area contributed by atoms with Crippen LogP contribution in [0.2, 0.25) is 0 Å². The summed E-state index contributed by atoms with van der Waals surface area (Å²) in [4.78, 5) is 15.4. The second kappa shape index (κ2) is 4.73. The van der Waals surface area contributed by atoms with E-state index in [1.807, 2.05) is 37.3 Å². The zero-order valence-corrected chi connectivity index (χ0v) is 10.8. The fourth-order valence-electron chi connectivity index (χ4n) is 2.13. The highest BCUT2D eigenvalue weighted by atomic mass is 16.4. The van der Waals surface area contributed by atoms with E-state index in [2.05, 4.69) is 15.3 Å². The molecule has 0 aliphatic rings. The Balaban J connectivity index is 2.22. The Morgan fingerprint density at radius 3 is 2.95 bits per heavy atom. The molecule has 0 fully saturated rings. The molecule has 0 aliphatic heterocycles. The van der Waals surface area contributed by atoms with Crippen molar-refractivity contribution in [2.45, 2.75) is 13.3 Å². The van der Waals surface area contributed by atoms with Crippen molar-refractivity contribution in [3.63, 3.8) is 0 Å². The Hall–Kier alpha value is -2.76. The third-order valence-electron chi connectivity index (χ3n) is 3.02. The summed E-state index contributed by atoms with van der Waals surface area (Å²) in [5.74, 6) is -0.919. The third kappa shape index (κ3) is 2.11. The van der Waals surface area contributed by atoms with Crippen molar-refractivity contribution >= 4 is 16.9 Å². The first kappa shape index (κ1) is 12.3. The monoisotopic (exact) mass is 268 g/mol. The minimum absolute atomic E-state index is 0.130. The van der Waals surface area contributed by atoms with E-state index >= 15 is 0 Å². The van der Waals surface area contributed by atoms with E-state index in [4.69, 9.17) is 5.11 Å². The van der Waals surface area contributed by atoms with Crippen LogP contribution in [0.25, 0.3) is 16.6 Å². The SMILES string of the molecule is Cc1ccc2cccc(-n3nncc3CC(=O)O)c2n1. The summed E-state index contributed by atoms with van der Waals surface area (Å²) in [6.07, 6.45) is 1.33. The number of carboxylic acid groups (broad SMARTS) is 1. The summed E-state index contributed by atoms with van der Waals surface area (Å²) < 4.78 is 1.53. The molecule has 2 aromatic heterocycles. The smallest absolute Gasteiger partial charge is 0.309 e. The molecule has 0 spiro atoms. The quantitative estimate of drug-likeness (QED) is 0.782.